The van der Waals surface area contributed by atoms with E-state index in [1.54, 1.807) is 18.9 Å². The molecule has 168 valence electrons. The summed E-state index contributed by atoms with van der Waals surface area (Å²) in [6.07, 6.45) is 0. The van der Waals surface area contributed by atoms with Crippen molar-refractivity contribution in [2.75, 3.05) is 39.0 Å². The standard InChI is InChI=1S/C24H28N4O3S/c1-18-4-3-5-19(14-18)16-32-17-23(29)28-12-10-27(11-13-28)15-22-25-24(26-31-22)20-6-8-21(30-2)9-7-20/h3-9,14H,10-13,15-17H2,1-2H3. The first-order valence-corrected chi connectivity index (χ1v) is 11.9. The van der Waals surface area contributed by atoms with Gasteiger partial charge in [-0.2, -0.15) is 4.98 Å². The number of nitrogens with zero attached hydrogens (tertiary/aromatic N) is 4. The van der Waals surface area contributed by atoms with Crippen molar-refractivity contribution >= 4 is 17.7 Å². The molecular formula is C24H28N4O3S. The number of benzene rings is 2. The number of rotatable bonds is 8. The van der Waals surface area contributed by atoms with Gasteiger partial charge >= 0.3 is 0 Å². The highest BCUT2D eigenvalue weighted by molar-refractivity contribution is 7.99. The minimum absolute atomic E-state index is 0.210. The highest BCUT2D eigenvalue weighted by atomic mass is 32.2. The minimum Gasteiger partial charge on any atom is -0.497 e. The molecule has 1 fully saturated rings. The number of piperazine rings is 1. The number of hydrogen-bond acceptors (Lipinski definition) is 7. The summed E-state index contributed by atoms with van der Waals surface area (Å²) in [5.74, 6) is 3.54. The molecule has 0 unspecified atom stereocenters. The van der Waals surface area contributed by atoms with Crippen LogP contribution in [0.3, 0.4) is 0 Å². The lowest BCUT2D eigenvalue weighted by Crippen LogP contribution is -2.48. The first-order chi connectivity index (χ1) is 15.6. The molecule has 2 heterocycles. The van der Waals surface area contributed by atoms with Crippen molar-refractivity contribution in [3.05, 3.63) is 65.5 Å². The number of amides is 1. The van der Waals surface area contributed by atoms with Gasteiger partial charge in [-0.25, -0.2) is 0 Å². The SMILES string of the molecule is COc1ccc(-c2noc(CN3CCN(C(=O)CSCc4cccc(C)c4)CC3)n2)cc1. The van der Waals surface area contributed by atoms with Crippen LogP contribution >= 0.6 is 11.8 Å². The molecule has 4 rings (SSSR count). The van der Waals surface area contributed by atoms with Crippen LogP contribution in [0.4, 0.5) is 0 Å². The number of hydrogen-bond donors (Lipinski definition) is 0. The summed E-state index contributed by atoms with van der Waals surface area (Å²) in [6.45, 7) is 5.73. The van der Waals surface area contributed by atoms with E-state index >= 15 is 0 Å². The minimum atomic E-state index is 0.210. The third kappa shape index (κ3) is 5.89. The zero-order chi connectivity index (χ0) is 22.3. The summed E-state index contributed by atoms with van der Waals surface area (Å²) in [4.78, 5) is 21.3. The molecule has 3 aromatic rings. The Morgan fingerprint density at radius 2 is 1.91 bits per heavy atom. The molecule has 0 radical (unpaired) electrons. The zero-order valence-electron chi connectivity index (χ0n) is 18.5. The fraction of sp³-hybridized carbons (Fsp3) is 0.375. The summed E-state index contributed by atoms with van der Waals surface area (Å²) >= 11 is 1.68. The maximum Gasteiger partial charge on any atom is 0.241 e. The third-order valence-corrected chi connectivity index (χ3v) is 6.47. The number of carbonyl (C=O) groups is 1. The van der Waals surface area contributed by atoms with Gasteiger partial charge in [0.2, 0.25) is 17.6 Å². The predicted molar refractivity (Wildman–Crippen MR) is 125 cm³/mol. The predicted octanol–water partition coefficient (Wildman–Crippen LogP) is 3.63. The smallest absolute Gasteiger partial charge is 0.241 e. The molecule has 1 aliphatic rings. The van der Waals surface area contributed by atoms with Gasteiger partial charge in [0.15, 0.2) is 0 Å². The van der Waals surface area contributed by atoms with E-state index in [4.69, 9.17) is 9.26 Å². The average Bonchev–Trinajstić information content (AvgIpc) is 3.28. The largest absolute Gasteiger partial charge is 0.497 e. The highest BCUT2D eigenvalue weighted by Crippen LogP contribution is 2.20. The Morgan fingerprint density at radius 1 is 1.12 bits per heavy atom. The van der Waals surface area contributed by atoms with Crippen LogP contribution in [0.5, 0.6) is 5.75 Å². The van der Waals surface area contributed by atoms with E-state index < -0.39 is 0 Å². The number of ether oxygens (including phenoxy) is 1. The lowest BCUT2D eigenvalue weighted by atomic mass is 10.2. The second-order valence-electron chi connectivity index (χ2n) is 7.88. The van der Waals surface area contributed by atoms with Crippen molar-refractivity contribution in [1.29, 1.82) is 0 Å². The Morgan fingerprint density at radius 3 is 2.62 bits per heavy atom. The topological polar surface area (TPSA) is 71.7 Å². The van der Waals surface area contributed by atoms with Gasteiger partial charge in [0.1, 0.15) is 5.75 Å². The molecule has 1 saturated heterocycles. The Hall–Kier alpha value is -2.84. The first kappa shape index (κ1) is 22.4. The molecule has 1 amide bonds. The number of carbonyl (C=O) groups excluding carboxylic acids is 1. The third-order valence-electron chi connectivity index (χ3n) is 5.48. The fourth-order valence-corrected chi connectivity index (χ4v) is 4.55. The lowest BCUT2D eigenvalue weighted by molar-refractivity contribution is -0.130. The normalized spacial score (nSPS) is 14.5. The quantitative estimate of drug-likeness (QED) is 0.517. The van der Waals surface area contributed by atoms with E-state index in [-0.39, 0.29) is 5.91 Å². The second-order valence-corrected chi connectivity index (χ2v) is 8.86. The van der Waals surface area contributed by atoms with E-state index in [0.717, 1.165) is 43.2 Å². The number of thioether (sulfide) groups is 1. The zero-order valence-corrected chi connectivity index (χ0v) is 19.3. The average molecular weight is 453 g/mol. The highest BCUT2D eigenvalue weighted by Gasteiger charge is 2.22. The number of aromatic nitrogens is 2. The molecule has 2 aromatic carbocycles. The van der Waals surface area contributed by atoms with Gasteiger partial charge in [0.05, 0.1) is 19.4 Å². The summed E-state index contributed by atoms with van der Waals surface area (Å²) in [7, 11) is 1.64. The van der Waals surface area contributed by atoms with Gasteiger partial charge in [0.25, 0.3) is 0 Å². The van der Waals surface area contributed by atoms with Crippen LogP contribution in [-0.4, -0.2) is 64.9 Å². The van der Waals surface area contributed by atoms with Gasteiger partial charge in [-0.3, -0.25) is 9.69 Å². The molecule has 0 saturated carbocycles. The summed E-state index contributed by atoms with van der Waals surface area (Å²) < 4.78 is 10.6. The van der Waals surface area contributed by atoms with E-state index in [0.29, 0.717) is 24.0 Å². The van der Waals surface area contributed by atoms with Crippen molar-refractivity contribution in [1.82, 2.24) is 19.9 Å². The van der Waals surface area contributed by atoms with Gasteiger partial charge in [0, 0.05) is 37.5 Å². The van der Waals surface area contributed by atoms with Crippen LogP contribution in [0.15, 0.2) is 53.1 Å². The van der Waals surface area contributed by atoms with E-state index in [2.05, 4.69) is 46.2 Å². The molecule has 0 atom stereocenters. The maximum absolute atomic E-state index is 12.6. The van der Waals surface area contributed by atoms with Crippen LogP contribution in [-0.2, 0) is 17.1 Å². The molecule has 1 aromatic heterocycles. The Bertz CT molecular complexity index is 1030. The van der Waals surface area contributed by atoms with Crippen molar-refractivity contribution in [3.63, 3.8) is 0 Å². The van der Waals surface area contributed by atoms with Gasteiger partial charge in [-0.15, -0.1) is 11.8 Å². The fourth-order valence-electron chi connectivity index (χ4n) is 3.67. The lowest BCUT2D eigenvalue weighted by Gasteiger charge is -2.33. The molecule has 0 bridgehead atoms. The maximum atomic E-state index is 12.6. The van der Waals surface area contributed by atoms with Crippen molar-refractivity contribution in [2.45, 2.75) is 19.2 Å². The van der Waals surface area contributed by atoms with E-state index in [1.807, 2.05) is 29.2 Å². The molecule has 1 aliphatic heterocycles. The van der Waals surface area contributed by atoms with Crippen molar-refractivity contribution in [2.24, 2.45) is 0 Å². The van der Waals surface area contributed by atoms with Gasteiger partial charge < -0.3 is 14.2 Å². The summed E-state index contributed by atoms with van der Waals surface area (Å²) in [6, 6.07) is 16.0. The Balaban J connectivity index is 1.21. The van der Waals surface area contributed by atoms with E-state index in [9.17, 15) is 4.79 Å². The van der Waals surface area contributed by atoms with E-state index in [1.165, 1.54) is 11.1 Å². The Kier molecular flexibility index (Phi) is 7.44. The van der Waals surface area contributed by atoms with Crippen LogP contribution in [0.1, 0.15) is 17.0 Å². The summed E-state index contributed by atoms with van der Waals surface area (Å²) in [5, 5.41) is 4.09. The molecule has 0 N–H and O–H groups in total. The molecular weight excluding hydrogens is 424 g/mol. The second kappa shape index (κ2) is 10.7. The van der Waals surface area contributed by atoms with Crippen LogP contribution in [0, 0.1) is 6.92 Å². The summed E-state index contributed by atoms with van der Waals surface area (Å²) in [5.41, 5.74) is 3.41. The molecule has 0 spiro atoms. The van der Waals surface area contributed by atoms with Gasteiger partial charge in [-0.1, -0.05) is 35.0 Å². The molecule has 32 heavy (non-hydrogen) atoms. The molecule has 8 heteroatoms. The number of methoxy groups -OCH3 is 1. The first-order valence-electron chi connectivity index (χ1n) is 10.7. The van der Waals surface area contributed by atoms with Crippen molar-refractivity contribution < 1.29 is 14.1 Å². The van der Waals surface area contributed by atoms with Crippen LogP contribution < -0.4 is 4.74 Å². The van der Waals surface area contributed by atoms with Crippen LogP contribution in [0.2, 0.25) is 0 Å². The molecule has 7 nitrogen and oxygen atoms in total. The van der Waals surface area contributed by atoms with Crippen LogP contribution in [0.25, 0.3) is 11.4 Å². The monoisotopic (exact) mass is 452 g/mol. The Labute approximate surface area is 192 Å². The van der Waals surface area contributed by atoms with Crippen molar-refractivity contribution in [3.8, 4) is 17.1 Å². The number of aryl methyl sites for hydroxylation is 1. The molecule has 0 aliphatic carbocycles. The van der Waals surface area contributed by atoms with Gasteiger partial charge in [-0.05, 0) is 36.8 Å².